The molecule has 0 spiro atoms. The van der Waals surface area contributed by atoms with Gasteiger partial charge in [0.1, 0.15) is 5.75 Å². The molecule has 1 heterocycles. The fourth-order valence-corrected chi connectivity index (χ4v) is 2.05. The van der Waals surface area contributed by atoms with Crippen molar-refractivity contribution < 1.29 is 9.53 Å². The molecule has 1 N–H and O–H groups in total. The quantitative estimate of drug-likeness (QED) is 0.896. The van der Waals surface area contributed by atoms with Gasteiger partial charge in [0.15, 0.2) is 0 Å². The molecular formula is C13H14N2O2S. The first kappa shape index (κ1) is 12.6. The third-order valence-electron chi connectivity index (χ3n) is 2.47. The van der Waals surface area contributed by atoms with E-state index in [-0.39, 0.29) is 5.91 Å². The van der Waals surface area contributed by atoms with E-state index in [0.29, 0.717) is 13.0 Å². The Morgan fingerprint density at radius 1 is 1.39 bits per heavy atom. The minimum absolute atomic E-state index is 0.0169. The second kappa shape index (κ2) is 6.16. The molecule has 94 valence electrons. The molecular weight excluding hydrogens is 248 g/mol. The van der Waals surface area contributed by atoms with E-state index < -0.39 is 0 Å². The molecule has 0 saturated carbocycles. The molecule has 2 rings (SSSR count). The van der Waals surface area contributed by atoms with Crippen LogP contribution in [0.15, 0.2) is 35.2 Å². The van der Waals surface area contributed by atoms with Crippen LogP contribution in [-0.2, 0) is 17.8 Å². The van der Waals surface area contributed by atoms with Crippen LogP contribution in [0.3, 0.4) is 0 Å². The number of methoxy groups -OCH3 is 1. The van der Waals surface area contributed by atoms with Gasteiger partial charge in [0.25, 0.3) is 0 Å². The summed E-state index contributed by atoms with van der Waals surface area (Å²) in [6.07, 6.45) is 0.333. The number of rotatable bonds is 5. The van der Waals surface area contributed by atoms with E-state index in [1.54, 1.807) is 12.6 Å². The maximum absolute atomic E-state index is 11.6. The summed E-state index contributed by atoms with van der Waals surface area (Å²) < 4.78 is 5.07. The lowest BCUT2D eigenvalue weighted by atomic mass is 10.2. The second-order valence-electron chi connectivity index (χ2n) is 3.78. The zero-order valence-electron chi connectivity index (χ0n) is 10.1. The second-order valence-corrected chi connectivity index (χ2v) is 4.50. The smallest absolute Gasteiger partial charge is 0.226 e. The number of aromatic nitrogens is 1. The summed E-state index contributed by atoms with van der Waals surface area (Å²) >= 11 is 1.50. The maximum atomic E-state index is 11.6. The predicted molar refractivity (Wildman–Crippen MR) is 70.7 cm³/mol. The van der Waals surface area contributed by atoms with E-state index in [4.69, 9.17) is 4.74 Å². The van der Waals surface area contributed by atoms with Crippen molar-refractivity contribution >= 4 is 17.2 Å². The Hall–Kier alpha value is -1.88. The molecule has 0 radical (unpaired) electrons. The SMILES string of the molecule is COc1ccc(CNC(=O)Cc2cscn2)cc1. The van der Waals surface area contributed by atoms with Crippen molar-refractivity contribution in [3.8, 4) is 5.75 Å². The molecule has 0 unspecified atom stereocenters. The predicted octanol–water partition coefficient (Wildman–Crippen LogP) is 2.01. The van der Waals surface area contributed by atoms with Crippen molar-refractivity contribution in [2.45, 2.75) is 13.0 Å². The van der Waals surface area contributed by atoms with Gasteiger partial charge in [-0.25, -0.2) is 4.98 Å². The average Bonchev–Trinajstić information content (AvgIpc) is 2.90. The summed E-state index contributed by atoms with van der Waals surface area (Å²) in [5, 5.41) is 4.74. The number of nitrogens with zero attached hydrogens (tertiary/aromatic N) is 1. The number of amides is 1. The van der Waals surface area contributed by atoms with Crippen LogP contribution in [0.4, 0.5) is 0 Å². The largest absolute Gasteiger partial charge is 0.497 e. The number of carbonyl (C=O) groups is 1. The topological polar surface area (TPSA) is 51.2 Å². The molecule has 4 nitrogen and oxygen atoms in total. The average molecular weight is 262 g/mol. The van der Waals surface area contributed by atoms with Gasteiger partial charge in [-0.3, -0.25) is 4.79 Å². The lowest BCUT2D eigenvalue weighted by molar-refractivity contribution is -0.120. The first-order valence-electron chi connectivity index (χ1n) is 5.54. The Bertz CT molecular complexity index is 494. The minimum Gasteiger partial charge on any atom is -0.497 e. The van der Waals surface area contributed by atoms with Gasteiger partial charge >= 0.3 is 0 Å². The lowest BCUT2D eigenvalue weighted by Crippen LogP contribution is -2.24. The van der Waals surface area contributed by atoms with Gasteiger partial charge in [-0.05, 0) is 17.7 Å². The highest BCUT2D eigenvalue weighted by molar-refractivity contribution is 7.07. The Balaban J connectivity index is 1.81. The molecule has 0 bridgehead atoms. The molecule has 0 aliphatic carbocycles. The number of ether oxygens (including phenoxy) is 1. The molecule has 1 amide bonds. The maximum Gasteiger partial charge on any atom is 0.226 e. The summed E-state index contributed by atoms with van der Waals surface area (Å²) in [5.74, 6) is 0.796. The lowest BCUT2D eigenvalue weighted by Gasteiger charge is -2.05. The van der Waals surface area contributed by atoms with Crippen molar-refractivity contribution in [3.05, 3.63) is 46.4 Å². The van der Waals surface area contributed by atoms with Crippen molar-refractivity contribution in [2.75, 3.05) is 7.11 Å². The van der Waals surface area contributed by atoms with Crippen LogP contribution in [0.2, 0.25) is 0 Å². The van der Waals surface area contributed by atoms with Crippen molar-refractivity contribution in [2.24, 2.45) is 0 Å². The number of nitrogens with one attached hydrogen (secondary N) is 1. The molecule has 1 aromatic carbocycles. The highest BCUT2D eigenvalue weighted by Gasteiger charge is 2.04. The summed E-state index contributed by atoms with van der Waals surface area (Å²) in [4.78, 5) is 15.7. The van der Waals surface area contributed by atoms with Gasteiger partial charge in [-0.2, -0.15) is 0 Å². The van der Waals surface area contributed by atoms with Gasteiger partial charge in [-0.1, -0.05) is 12.1 Å². The van der Waals surface area contributed by atoms with Crippen LogP contribution in [0.25, 0.3) is 0 Å². The molecule has 0 saturated heterocycles. The van der Waals surface area contributed by atoms with Crippen molar-refractivity contribution in [3.63, 3.8) is 0 Å². The van der Waals surface area contributed by atoms with Crippen molar-refractivity contribution in [1.82, 2.24) is 10.3 Å². The third-order valence-corrected chi connectivity index (χ3v) is 3.11. The molecule has 1 aromatic heterocycles. The fraction of sp³-hybridized carbons (Fsp3) is 0.231. The molecule has 0 atom stereocenters. The summed E-state index contributed by atoms with van der Waals surface area (Å²) in [7, 11) is 1.63. The highest BCUT2D eigenvalue weighted by Crippen LogP contribution is 2.11. The van der Waals surface area contributed by atoms with Gasteiger partial charge in [0, 0.05) is 11.9 Å². The van der Waals surface area contributed by atoms with E-state index in [1.165, 1.54) is 11.3 Å². The Morgan fingerprint density at radius 3 is 2.78 bits per heavy atom. The summed E-state index contributed by atoms with van der Waals surface area (Å²) in [6, 6.07) is 7.62. The Kier molecular flexibility index (Phi) is 4.30. The zero-order valence-corrected chi connectivity index (χ0v) is 10.9. The molecule has 0 fully saturated rings. The van der Waals surface area contributed by atoms with Crippen LogP contribution < -0.4 is 10.1 Å². The van der Waals surface area contributed by atoms with Gasteiger partial charge in [0.2, 0.25) is 5.91 Å². The van der Waals surface area contributed by atoms with Crippen LogP contribution in [0, 0.1) is 0 Å². The van der Waals surface area contributed by atoms with E-state index in [9.17, 15) is 4.79 Å². The van der Waals surface area contributed by atoms with Gasteiger partial charge in [-0.15, -0.1) is 11.3 Å². The first-order valence-corrected chi connectivity index (χ1v) is 6.49. The van der Waals surface area contributed by atoms with Gasteiger partial charge in [0.05, 0.1) is 24.7 Å². The van der Waals surface area contributed by atoms with Crippen LogP contribution in [0.5, 0.6) is 5.75 Å². The molecule has 0 aliphatic heterocycles. The Morgan fingerprint density at radius 2 is 2.17 bits per heavy atom. The van der Waals surface area contributed by atoms with E-state index in [1.807, 2.05) is 29.6 Å². The molecule has 18 heavy (non-hydrogen) atoms. The van der Waals surface area contributed by atoms with Crippen LogP contribution in [0.1, 0.15) is 11.3 Å². The Labute approximate surface area is 110 Å². The zero-order chi connectivity index (χ0) is 12.8. The fourth-order valence-electron chi connectivity index (χ4n) is 1.50. The number of hydrogen-bond donors (Lipinski definition) is 1. The van der Waals surface area contributed by atoms with E-state index >= 15 is 0 Å². The number of benzene rings is 1. The monoisotopic (exact) mass is 262 g/mol. The number of carbonyl (C=O) groups excluding carboxylic acids is 1. The molecule has 2 aromatic rings. The first-order chi connectivity index (χ1) is 8.78. The standard InChI is InChI=1S/C13H14N2O2S/c1-17-12-4-2-10(3-5-12)7-14-13(16)6-11-8-18-9-15-11/h2-5,8-9H,6-7H2,1H3,(H,14,16). The summed E-state index contributed by atoms with van der Waals surface area (Å²) in [6.45, 7) is 0.521. The number of thiazole rings is 1. The normalized spacial score (nSPS) is 10.1. The van der Waals surface area contributed by atoms with E-state index in [2.05, 4.69) is 10.3 Å². The van der Waals surface area contributed by atoms with E-state index in [0.717, 1.165) is 17.0 Å². The van der Waals surface area contributed by atoms with Crippen molar-refractivity contribution in [1.29, 1.82) is 0 Å². The van der Waals surface area contributed by atoms with Gasteiger partial charge < -0.3 is 10.1 Å². The molecule has 5 heteroatoms. The molecule has 0 aliphatic rings. The van der Waals surface area contributed by atoms with Crippen LogP contribution >= 0.6 is 11.3 Å². The third kappa shape index (κ3) is 3.56. The highest BCUT2D eigenvalue weighted by atomic mass is 32.1. The summed E-state index contributed by atoms with van der Waals surface area (Å²) in [5.41, 5.74) is 3.58. The number of hydrogen-bond acceptors (Lipinski definition) is 4. The minimum atomic E-state index is -0.0169. The van der Waals surface area contributed by atoms with Crippen LogP contribution in [-0.4, -0.2) is 18.0 Å².